The number of hydrogen-bond acceptors (Lipinski definition) is 4. The molecule has 10 heteroatoms. The van der Waals surface area contributed by atoms with E-state index in [0.29, 0.717) is 12.1 Å². The molecule has 0 aromatic heterocycles. The number of sulfonamides is 1. The molecule has 0 N–H and O–H groups in total. The highest BCUT2D eigenvalue weighted by Gasteiger charge is 2.33. The molecule has 112 valence electrons. The van der Waals surface area contributed by atoms with Crippen molar-refractivity contribution in [2.24, 2.45) is 0 Å². The Kier molecular flexibility index (Phi) is 3.82. The summed E-state index contributed by atoms with van der Waals surface area (Å²) in [6.07, 6.45) is -1.29. The third kappa shape index (κ3) is 2.81. The van der Waals surface area contributed by atoms with Gasteiger partial charge in [-0.3, -0.25) is 0 Å². The van der Waals surface area contributed by atoms with E-state index in [1.165, 1.54) is 0 Å². The van der Waals surface area contributed by atoms with Crippen LogP contribution in [0.5, 0.6) is 0 Å². The third-order valence-electron chi connectivity index (χ3n) is 2.90. The molecule has 1 aliphatic rings. The van der Waals surface area contributed by atoms with Gasteiger partial charge in [0, 0.05) is 13.1 Å². The first-order valence-corrected chi connectivity index (χ1v) is 8.33. The highest BCUT2D eigenvalue weighted by Crippen LogP contribution is 2.26. The molecule has 0 saturated carbocycles. The van der Waals surface area contributed by atoms with Gasteiger partial charge in [-0.15, -0.1) is 3.89 Å². The molecule has 1 atom stereocenters. The summed E-state index contributed by atoms with van der Waals surface area (Å²) in [6.45, 7) is -0.435. The zero-order valence-electron chi connectivity index (χ0n) is 9.96. The maximum atomic E-state index is 13.2. The van der Waals surface area contributed by atoms with E-state index in [-0.39, 0.29) is 19.5 Å². The molecule has 20 heavy (non-hydrogen) atoms. The molecular formula is C10H10F3NO4S2. The van der Waals surface area contributed by atoms with E-state index in [4.69, 9.17) is 0 Å². The van der Waals surface area contributed by atoms with Gasteiger partial charge < -0.3 is 0 Å². The average molecular weight is 329 g/mol. The van der Waals surface area contributed by atoms with Crippen molar-refractivity contribution < 1.29 is 29.5 Å². The fourth-order valence-electron chi connectivity index (χ4n) is 1.89. The van der Waals surface area contributed by atoms with E-state index < -0.39 is 42.0 Å². The minimum Gasteiger partial charge on any atom is -0.246 e. The minimum atomic E-state index is -5.38. The van der Waals surface area contributed by atoms with Gasteiger partial charge >= 0.3 is 10.2 Å². The fourth-order valence-corrected chi connectivity index (χ4v) is 4.04. The summed E-state index contributed by atoms with van der Waals surface area (Å²) in [5.74, 6) is -1.39. The first kappa shape index (κ1) is 15.3. The van der Waals surface area contributed by atoms with E-state index in [0.717, 1.165) is 10.4 Å². The van der Waals surface area contributed by atoms with E-state index in [9.17, 15) is 29.5 Å². The smallest absolute Gasteiger partial charge is 0.246 e. The van der Waals surface area contributed by atoms with Crippen LogP contribution in [0.3, 0.4) is 0 Å². The van der Waals surface area contributed by atoms with Crippen LogP contribution in [0.15, 0.2) is 28.0 Å². The van der Waals surface area contributed by atoms with Crippen LogP contribution < -0.4 is 0 Å². The highest BCUT2D eigenvalue weighted by molar-refractivity contribution is 7.89. The Morgan fingerprint density at radius 1 is 1.20 bits per heavy atom. The van der Waals surface area contributed by atoms with Crippen LogP contribution in [0, 0.1) is 5.82 Å². The fraction of sp³-hybridized carbons (Fsp3) is 0.400. The molecule has 1 unspecified atom stereocenters. The Bertz CT molecular complexity index is 733. The summed E-state index contributed by atoms with van der Waals surface area (Å²) in [4.78, 5) is -1.95. The number of alkyl halides is 1. The Balaban J connectivity index is 2.48. The molecule has 2 rings (SSSR count). The summed E-state index contributed by atoms with van der Waals surface area (Å²) >= 11 is 0. The molecule has 1 saturated heterocycles. The van der Waals surface area contributed by atoms with Crippen molar-refractivity contribution in [2.75, 3.05) is 13.1 Å². The summed E-state index contributed by atoms with van der Waals surface area (Å²) < 4.78 is 85.5. The molecule has 1 aromatic carbocycles. The van der Waals surface area contributed by atoms with E-state index in [1.54, 1.807) is 0 Å². The Morgan fingerprint density at radius 2 is 1.85 bits per heavy atom. The van der Waals surface area contributed by atoms with Gasteiger partial charge in [-0.1, -0.05) is 0 Å². The Labute approximate surface area is 114 Å². The second-order valence-electron chi connectivity index (χ2n) is 4.28. The average Bonchev–Trinajstić information content (AvgIpc) is 2.75. The van der Waals surface area contributed by atoms with E-state index in [2.05, 4.69) is 0 Å². The van der Waals surface area contributed by atoms with E-state index >= 15 is 0 Å². The molecule has 1 heterocycles. The lowest BCUT2D eigenvalue weighted by Crippen LogP contribution is -2.29. The summed E-state index contributed by atoms with van der Waals surface area (Å²) in [7, 11) is -9.56. The van der Waals surface area contributed by atoms with Crippen LogP contribution in [-0.4, -0.2) is 40.4 Å². The molecule has 0 bridgehead atoms. The molecule has 0 radical (unpaired) electrons. The van der Waals surface area contributed by atoms with Gasteiger partial charge in [0.05, 0.1) is 4.90 Å². The van der Waals surface area contributed by atoms with Gasteiger partial charge in [0.1, 0.15) is 16.9 Å². The number of hydrogen-bond donors (Lipinski definition) is 0. The summed E-state index contributed by atoms with van der Waals surface area (Å²) in [6, 6.07) is 1.75. The number of nitrogens with zero attached hydrogens (tertiary/aromatic N) is 1. The zero-order valence-corrected chi connectivity index (χ0v) is 11.6. The zero-order chi connectivity index (χ0) is 15.1. The van der Waals surface area contributed by atoms with Crippen LogP contribution in [0.4, 0.5) is 12.7 Å². The molecule has 1 aliphatic heterocycles. The first-order valence-electron chi connectivity index (χ1n) is 5.51. The summed E-state index contributed by atoms with van der Waals surface area (Å²) in [5, 5.41) is 0. The third-order valence-corrected chi connectivity index (χ3v) is 5.60. The molecular weight excluding hydrogens is 319 g/mol. The van der Waals surface area contributed by atoms with Crippen LogP contribution in [0.25, 0.3) is 0 Å². The van der Waals surface area contributed by atoms with Crippen LogP contribution in [-0.2, 0) is 20.2 Å². The van der Waals surface area contributed by atoms with Crippen LogP contribution in [0.2, 0.25) is 0 Å². The lowest BCUT2D eigenvalue weighted by molar-refractivity contribution is 0.343. The van der Waals surface area contributed by atoms with Gasteiger partial charge in [-0.05, 0) is 24.6 Å². The van der Waals surface area contributed by atoms with Crippen molar-refractivity contribution in [3.63, 3.8) is 0 Å². The van der Waals surface area contributed by atoms with Crippen molar-refractivity contribution in [3.05, 3.63) is 24.0 Å². The van der Waals surface area contributed by atoms with Gasteiger partial charge in [-0.25, -0.2) is 17.2 Å². The molecule has 1 aromatic rings. The Hall–Kier alpha value is -1.13. The first-order chi connectivity index (χ1) is 9.12. The second-order valence-corrected chi connectivity index (χ2v) is 7.53. The van der Waals surface area contributed by atoms with Crippen molar-refractivity contribution in [2.45, 2.75) is 22.4 Å². The topological polar surface area (TPSA) is 71.5 Å². The van der Waals surface area contributed by atoms with Gasteiger partial charge in [0.15, 0.2) is 0 Å². The van der Waals surface area contributed by atoms with Crippen molar-refractivity contribution >= 4 is 20.2 Å². The standard InChI is InChI=1S/C10H10F3NO4S2/c11-7-3-4-14(6-7)20(17,18)8-1-2-9(12)10(5-8)19(13,15)16/h1-2,5,7H,3-4,6H2. The molecule has 5 nitrogen and oxygen atoms in total. The number of benzene rings is 1. The van der Waals surface area contributed by atoms with Crippen LogP contribution in [0.1, 0.15) is 6.42 Å². The highest BCUT2D eigenvalue weighted by atomic mass is 32.3. The summed E-state index contributed by atoms with van der Waals surface area (Å²) in [5.41, 5.74) is 0. The van der Waals surface area contributed by atoms with Crippen LogP contribution >= 0.6 is 0 Å². The van der Waals surface area contributed by atoms with Crippen molar-refractivity contribution in [1.29, 1.82) is 0 Å². The minimum absolute atomic E-state index is 0.0225. The largest absolute Gasteiger partial charge is 0.335 e. The number of halogens is 3. The van der Waals surface area contributed by atoms with Gasteiger partial charge in [0.25, 0.3) is 0 Å². The normalized spacial score (nSPS) is 21.2. The molecule has 0 amide bonds. The lowest BCUT2D eigenvalue weighted by atomic mass is 10.3. The molecule has 1 fully saturated rings. The second kappa shape index (κ2) is 5.01. The van der Waals surface area contributed by atoms with E-state index in [1.807, 2.05) is 0 Å². The maximum absolute atomic E-state index is 13.2. The molecule has 0 aliphatic carbocycles. The predicted octanol–water partition coefficient (Wildman–Crippen LogP) is 1.22. The maximum Gasteiger partial charge on any atom is 0.335 e. The van der Waals surface area contributed by atoms with Gasteiger partial charge in [-0.2, -0.15) is 12.7 Å². The SMILES string of the molecule is O=S(=O)(F)c1cc(S(=O)(=O)N2CCC(F)C2)ccc1F. The van der Waals surface area contributed by atoms with Gasteiger partial charge in [0.2, 0.25) is 10.0 Å². The lowest BCUT2D eigenvalue weighted by Gasteiger charge is -2.15. The number of rotatable bonds is 3. The Morgan fingerprint density at radius 3 is 2.35 bits per heavy atom. The quantitative estimate of drug-likeness (QED) is 0.782. The predicted molar refractivity (Wildman–Crippen MR) is 63.0 cm³/mol. The van der Waals surface area contributed by atoms with Crippen molar-refractivity contribution in [1.82, 2.24) is 4.31 Å². The molecule has 0 spiro atoms. The monoisotopic (exact) mass is 329 g/mol. The van der Waals surface area contributed by atoms with Crippen molar-refractivity contribution in [3.8, 4) is 0 Å².